The second kappa shape index (κ2) is 6.83. The van der Waals surface area contributed by atoms with Gasteiger partial charge >= 0.3 is 5.97 Å². The van der Waals surface area contributed by atoms with E-state index in [1.807, 2.05) is 13.8 Å². The highest BCUT2D eigenvalue weighted by Crippen LogP contribution is 2.22. The molecule has 16 heavy (non-hydrogen) atoms. The third-order valence-corrected chi connectivity index (χ3v) is 2.42. The van der Waals surface area contributed by atoms with Gasteiger partial charge in [0.1, 0.15) is 5.54 Å². The fourth-order valence-corrected chi connectivity index (χ4v) is 1.74. The Morgan fingerprint density at radius 2 is 1.69 bits per heavy atom. The van der Waals surface area contributed by atoms with E-state index < -0.39 is 17.8 Å². The Labute approximate surface area is 97.2 Å². The van der Waals surface area contributed by atoms with Gasteiger partial charge in [-0.2, -0.15) is 0 Å². The van der Waals surface area contributed by atoms with Gasteiger partial charge in [0, 0.05) is 20.6 Å². The quantitative estimate of drug-likeness (QED) is 0.523. The van der Waals surface area contributed by atoms with Gasteiger partial charge in [0.25, 0.3) is 0 Å². The molecule has 0 saturated carbocycles. The van der Waals surface area contributed by atoms with Crippen molar-refractivity contribution in [3.8, 4) is 0 Å². The van der Waals surface area contributed by atoms with E-state index in [1.54, 1.807) is 0 Å². The van der Waals surface area contributed by atoms with Crippen LogP contribution < -0.4 is 5.73 Å². The van der Waals surface area contributed by atoms with Crippen molar-refractivity contribution >= 4 is 5.97 Å². The Morgan fingerprint density at radius 1 is 1.19 bits per heavy atom. The van der Waals surface area contributed by atoms with Gasteiger partial charge in [0.2, 0.25) is 0 Å². The lowest BCUT2D eigenvalue weighted by Crippen LogP contribution is -2.52. The minimum Gasteiger partial charge on any atom is -0.468 e. The van der Waals surface area contributed by atoms with Crippen LogP contribution in [0.25, 0.3) is 0 Å². The van der Waals surface area contributed by atoms with Crippen LogP contribution in [0.15, 0.2) is 0 Å². The van der Waals surface area contributed by atoms with Crippen LogP contribution in [0.1, 0.15) is 26.7 Å². The molecule has 0 aliphatic carbocycles. The van der Waals surface area contributed by atoms with E-state index in [0.29, 0.717) is 12.3 Å². The molecule has 0 spiro atoms. The Kier molecular flexibility index (Phi) is 6.55. The van der Waals surface area contributed by atoms with Crippen LogP contribution >= 0.6 is 0 Å². The molecule has 0 fully saturated rings. The molecule has 96 valence electrons. The molecule has 0 aromatic heterocycles. The average Bonchev–Trinajstić information content (AvgIpc) is 2.23. The molecule has 0 amide bonds. The topological polar surface area (TPSA) is 70.8 Å². The van der Waals surface area contributed by atoms with Gasteiger partial charge in [-0.15, -0.1) is 0 Å². The molecular weight excluding hydrogens is 210 g/mol. The summed E-state index contributed by atoms with van der Waals surface area (Å²) < 4.78 is 14.9. The number of esters is 1. The second-order valence-corrected chi connectivity index (χ2v) is 4.35. The third kappa shape index (κ3) is 4.47. The lowest BCUT2D eigenvalue weighted by atomic mass is 9.86. The van der Waals surface area contributed by atoms with Crippen molar-refractivity contribution < 1.29 is 19.0 Å². The summed E-state index contributed by atoms with van der Waals surface area (Å²) >= 11 is 0. The predicted octanol–water partition coefficient (Wildman–Crippen LogP) is 0.912. The number of rotatable bonds is 7. The van der Waals surface area contributed by atoms with Crippen LogP contribution in [0, 0.1) is 5.92 Å². The van der Waals surface area contributed by atoms with Crippen LogP contribution in [0.3, 0.4) is 0 Å². The Morgan fingerprint density at radius 3 is 2.00 bits per heavy atom. The molecule has 0 radical (unpaired) electrons. The zero-order valence-corrected chi connectivity index (χ0v) is 10.8. The molecule has 0 saturated heterocycles. The molecule has 0 bridgehead atoms. The molecule has 1 atom stereocenters. The minimum absolute atomic E-state index is 0.283. The van der Waals surface area contributed by atoms with Crippen molar-refractivity contribution in [1.29, 1.82) is 0 Å². The first-order valence-corrected chi connectivity index (χ1v) is 5.32. The van der Waals surface area contributed by atoms with Crippen LogP contribution in [0.4, 0.5) is 0 Å². The van der Waals surface area contributed by atoms with E-state index in [9.17, 15) is 4.79 Å². The van der Waals surface area contributed by atoms with Crippen LogP contribution in [-0.4, -0.2) is 39.1 Å². The van der Waals surface area contributed by atoms with Crippen molar-refractivity contribution in [2.75, 3.05) is 21.3 Å². The highest BCUT2D eigenvalue weighted by atomic mass is 16.7. The van der Waals surface area contributed by atoms with Gasteiger partial charge in [0.15, 0.2) is 6.29 Å². The molecule has 0 aromatic carbocycles. The number of carbonyl (C=O) groups excluding carboxylic acids is 1. The van der Waals surface area contributed by atoms with E-state index in [2.05, 4.69) is 0 Å². The summed E-state index contributed by atoms with van der Waals surface area (Å²) in [4.78, 5) is 11.7. The zero-order valence-electron chi connectivity index (χ0n) is 10.8. The number of methoxy groups -OCH3 is 3. The number of nitrogens with two attached hydrogens (primary N) is 1. The molecule has 0 aromatic rings. The standard InChI is InChI=1S/C11H23NO4/c1-8(2)6-11(12,10(13)16-5)7-9(14-3)15-4/h8-9H,6-7,12H2,1-5H3/t11-/m0/s1. The minimum atomic E-state index is -1.06. The average molecular weight is 233 g/mol. The van der Waals surface area contributed by atoms with Crippen LogP contribution in [0.5, 0.6) is 0 Å². The molecule has 5 heteroatoms. The van der Waals surface area contributed by atoms with Gasteiger partial charge in [-0.3, -0.25) is 4.79 Å². The van der Waals surface area contributed by atoms with Crippen molar-refractivity contribution in [3.63, 3.8) is 0 Å². The lowest BCUT2D eigenvalue weighted by molar-refractivity contribution is -0.157. The van der Waals surface area contributed by atoms with Crippen molar-refractivity contribution in [3.05, 3.63) is 0 Å². The first-order chi connectivity index (χ1) is 7.39. The Bertz CT molecular complexity index is 216. The molecule has 2 N–H and O–H groups in total. The fourth-order valence-electron chi connectivity index (χ4n) is 1.74. The van der Waals surface area contributed by atoms with E-state index in [-0.39, 0.29) is 6.42 Å². The molecule has 5 nitrogen and oxygen atoms in total. The molecule has 0 rings (SSSR count). The monoisotopic (exact) mass is 233 g/mol. The zero-order chi connectivity index (χ0) is 12.8. The molecule has 0 aliphatic rings. The van der Waals surface area contributed by atoms with Gasteiger partial charge in [-0.1, -0.05) is 13.8 Å². The third-order valence-electron chi connectivity index (χ3n) is 2.42. The highest BCUT2D eigenvalue weighted by Gasteiger charge is 2.38. The summed E-state index contributed by atoms with van der Waals surface area (Å²) in [7, 11) is 4.36. The van der Waals surface area contributed by atoms with Gasteiger partial charge in [0.05, 0.1) is 7.11 Å². The molecule has 0 heterocycles. The Hall–Kier alpha value is -0.650. The maximum Gasteiger partial charge on any atom is 0.326 e. The van der Waals surface area contributed by atoms with Crippen LogP contribution in [-0.2, 0) is 19.0 Å². The maximum absolute atomic E-state index is 11.7. The maximum atomic E-state index is 11.7. The van der Waals surface area contributed by atoms with Crippen molar-refractivity contribution in [1.82, 2.24) is 0 Å². The van der Waals surface area contributed by atoms with E-state index >= 15 is 0 Å². The normalized spacial score (nSPS) is 15.2. The predicted molar refractivity (Wildman–Crippen MR) is 60.8 cm³/mol. The SMILES string of the molecule is COC(=O)[C@](N)(CC(C)C)CC(OC)OC. The number of hydrogen-bond acceptors (Lipinski definition) is 5. The first-order valence-electron chi connectivity index (χ1n) is 5.32. The summed E-state index contributed by atoms with van der Waals surface area (Å²) in [6, 6.07) is 0. The van der Waals surface area contributed by atoms with Gasteiger partial charge in [-0.05, 0) is 12.3 Å². The second-order valence-electron chi connectivity index (χ2n) is 4.35. The number of ether oxygens (including phenoxy) is 3. The largest absolute Gasteiger partial charge is 0.468 e. The first kappa shape index (κ1) is 15.3. The molecule has 0 aliphatic heterocycles. The molecular formula is C11H23NO4. The summed E-state index contributed by atoms with van der Waals surface area (Å²) in [5.74, 6) is -0.140. The van der Waals surface area contributed by atoms with E-state index in [0.717, 1.165) is 0 Å². The highest BCUT2D eigenvalue weighted by molar-refractivity contribution is 5.80. The number of carbonyl (C=O) groups is 1. The summed E-state index contributed by atoms with van der Waals surface area (Å²) in [5, 5.41) is 0. The lowest BCUT2D eigenvalue weighted by Gasteiger charge is -2.30. The smallest absolute Gasteiger partial charge is 0.326 e. The summed E-state index contributed by atoms with van der Waals surface area (Å²) in [5.41, 5.74) is 5.01. The number of hydrogen-bond donors (Lipinski definition) is 1. The Balaban J connectivity index is 4.71. The van der Waals surface area contributed by atoms with Crippen molar-refractivity contribution in [2.45, 2.75) is 38.5 Å². The summed E-state index contributed by atoms with van der Waals surface area (Å²) in [6.07, 6.45) is 0.316. The molecule has 0 unspecified atom stereocenters. The fraction of sp³-hybridized carbons (Fsp3) is 0.909. The van der Waals surface area contributed by atoms with Gasteiger partial charge in [-0.25, -0.2) is 0 Å². The van der Waals surface area contributed by atoms with E-state index in [1.165, 1.54) is 21.3 Å². The van der Waals surface area contributed by atoms with Crippen molar-refractivity contribution in [2.24, 2.45) is 11.7 Å². The van der Waals surface area contributed by atoms with Gasteiger partial charge < -0.3 is 19.9 Å². The van der Waals surface area contributed by atoms with Crippen LogP contribution in [0.2, 0.25) is 0 Å². The van der Waals surface area contributed by atoms with E-state index in [4.69, 9.17) is 19.9 Å². The summed E-state index contributed by atoms with van der Waals surface area (Å²) in [6.45, 7) is 4.00.